The highest BCUT2D eigenvalue weighted by atomic mass is 16.3. The summed E-state index contributed by atoms with van der Waals surface area (Å²) in [7, 11) is 0. The number of carbonyl (C=O) groups is 2. The van der Waals surface area contributed by atoms with Crippen LogP contribution >= 0.6 is 0 Å². The lowest BCUT2D eigenvalue weighted by Crippen LogP contribution is -2.58. The van der Waals surface area contributed by atoms with Crippen molar-refractivity contribution in [3.63, 3.8) is 0 Å². The molecule has 164 valence electrons. The quantitative estimate of drug-likeness (QED) is 0.134. The summed E-state index contributed by atoms with van der Waals surface area (Å²) in [5, 5.41) is 67.6. The maximum Gasteiger partial charge on any atom is 0.225 e. The third kappa shape index (κ3) is 7.73. The van der Waals surface area contributed by atoms with E-state index in [4.69, 9.17) is 0 Å². The molecule has 0 aromatic rings. The van der Waals surface area contributed by atoms with Crippen LogP contribution in [0.1, 0.15) is 13.8 Å². The predicted octanol–water partition coefficient (Wildman–Crippen LogP) is -3.63. The maximum atomic E-state index is 12.0. The Hall–Kier alpha value is -1.70. The van der Waals surface area contributed by atoms with E-state index >= 15 is 0 Å². The van der Waals surface area contributed by atoms with Gasteiger partial charge in [-0.2, -0.15) is 10.2 Å². The number of amides is 2. The molecule has 0 aliphatic carbocycles. The Balaban J connectivity index is 4.56. The number of hydrogen-bond donors (Lipinski definition) is 8. The fourth-order valence-corrected chi connectivity index (χ4v) is 1.83. The molecular weight excluding hydrogens is 376 g/mol. The van der Waals surface area contributed by atoms with Gasteiger partial charge in [0.2, 0.25) is 11.8 Å². The van der Waals surface area contributed by atoms with E-state index in [0.29, 0.717) is 0 Å². The smallest absolute Gasteiger partial charge is 0.225 e. The fraction of sp³-hybridized carbons (Fsp3) is 0.875. The standard InChI is InChI=1S/C16H32N4O8/c1-11(13(27)19-15(5-21,6-22)7-23)3-17-18-4-12(2)14(28)20-16(8-24,9-25)10-26/h11-12,21-26H,3-10H2,1-2H3,(H,19,27)(H,20,28). The number of hydrogen-bond acceptors (Lipinski definition) is 10. The molecule has 0 aliphatic rings. The van der Waals surface area contributed by atoms with Crippen molar-refractivity contribution in [2.45, 2.75) is 24.9 Å². The highest BCUT2D eigenvalue weighted by Gasteiger charge is 2.32. The van der Waals surface area contributed by atoms with Crippen LogP contribution in [0.4, 0.5) is 0 Å². The van der Waals surface area contributed by atoms with Crippen molar-refractivity contribution in [2.75, 3.05) is 52.7 Å². The monoisotopic (exact) mass is 408 g/mol. The Bertz CT molecular complexity index is 448. The molecule has 0 aromatic heterocycles. The van der Waals surface area contributed by atoms with Gasteiger partial charge in [-0.25, -0.2) is 0 Å². The molecule has 0 bridgehead atoms. The molecule has 0 fully saturated rings. The van der Waals surface area contributed by atoms with E-state index in [1.807, 2.05) is 0 Å². The number of nitrogens with zero attached hydrogens (tertiary/aromatic N) is 2. The van der Waals surface area contributed by atoms with Crippen molar-refractivity contribution in [3.8, 4) is 0 Å². The van der Waals surface area contributed by atoms with Gasteiger partial charge in [-0.15, -0.1) is 0 Å². The van der Waals surface area contributed by atoms with Crippen molar-refractivity contribution in [1.29, 1.82) is 0 Å². The average molecular weight is 408 g/mol. The average Bonchev–Trinajstić information content (AvgIpc) is 2.72. The predicted molar refractivity (Wildman–Crippen MR) is 97.2 cm³/mol. The Morgan fingerprint density at radius 1 is 0.679 bits per heavy atom. The summed E-state index contributed by atoms with van der Waals surface area (Å²) in [6, 6.07) is 0. The van der Waals surface area contributed by atoms with E-state index < -0.39 is 74.4 Å². The van der Waals surface area contributed by atoms with Crippen LogP contribution in [0.2, 0.25) is 0 Å². The first-order chi connectivity index (χ1) is 13.2. The van der Waals surface area contributed by atoms with Gasteiger partial charge in [-0.3, -0.25) is 9.59 Å². The van der Waals surface area contributed by atoms with Crippen LogP contribution in [0, 0.1) is 11.8 Å². The molecule has 2 atom stereocenters. The normalized spacial score (nSPS) is 14.7. The molecule has 0 heterocycles. The molecule has 0 aromatic carbocycles. The van der Waals surface area contributed by atoms with Crippen molar-refractivity contribution in [2.24, 2.45) is 22.1 Å². The summed E-state index contributed by atoms with van der Waals surface area (Å²) in [5.74, 6) is -2.41. The van der Waals surface area contributed by atoms with Crippen LogP contribution in [-0.2, 0) is 9.59 Å². The Kier molecular flexibility index (Phi) is 11.9. The highest BCUT2D eigenvalue weighted by molar-refractivity contribution is 5.80. The minimum atomic E-state index is -1.52. The number of nitrogens with one attached hydrogen (secondary N) is 2. The lowest BCUT2D eigenvalue weighted by Gasteiger charge is -2.29. The third-order valence-corrected chi connectivity index (χ3v) is 4.30. The largest absolute Gasteiger partial charge is 0.394 e. The van der Waals surface area contributed by atoms with E-state index in [1.165, 1.54) is 0 Å². The third-order valence-electron chi connectivity index (χ3n) is 4.30. The molecule has 0 rings (SSSR count). The zero-order valence-corrected chi connectivity index (χ0v) is 16.2. The summed E-state index contributed by atoms with van der Waals surface area (Å²) in [6.07, 6.45) is 0. The van der Waals surface area contributed by atoms with Gasteiger partial charge in [-0.05, 0) is 0 Å². The molecule has 12 nitrogen and oxygen atoms in total. The molecule has 2 unspecified atom stereocenters. The minimum absolute atomic E-state index is 0.0214. The summed E-state index contributed by atoms with van der Waals surface area (Å²) >= 11 is 0. The van der Waals surface area contributed by atoms with Crippen LogP contribution in [0.3, 0.4) is 0 Å². The van der Waals surface area contributed by atoms with Crippen LogP contribution < -0.4 is 10.6 Å². The highest BCUT2D eigenvalue weighted by Crippen LogP contribution is 2.07. The lowest BCUT2D eigenvalue weighted by atomic mass is 10.0. The van der Waals surface area contributed by atoms with Crippen LogP contribution in [0.25, 0.3) is 0 Å². The van der Waals surface area contributed by atoms with Gasteiger partial charge < -0.3 is 41.3 Å². The van der Waals surface area contributed by atoms with Gasteiger partial charge in [0.05, 0.1) is 64.6 Å². The molecule has 0 aliphatic heterocycles. The van der Waals surface area contributed by atoms with Gasteiger partial charge in [0.15, 0.2) is 0 Å². The van der Waals surface area contributed by atoms with Crippen LogP contribution in [-0.4, -0.2) is 106 Å². The number of rotatable bonds is 14. The Morgan fingerprint density at radius 2 is 0.929 bits per heavy atom. The van der Waals surface area contributed by atoms with Gasteiger partial charge in [-0.1, -0.05) is 13.8 Å². The fourth-order valence-electron chi connectivity index (χ4n) is 1.83. The summed E-state index contributed by atoms with van der Waals surface area (Å²) in [5.41, 5.74) is -3.04. The van der Waals surface area contributed by atoms with Crippen molar-refractivity contribution in [3.05, 3.63) is 0 Å². The van der Waals surface area contributed by atoms with Crippen LogP contribution in [0.5, 0.6) is 0 Å². The number of aliphatic hydroxyl groups excluding tert-OH is 6. The van der Waals surface area contributed by atoms with Gasteiger partial charge in [0.25, 0.3) is 0 Å². The number of aliphatic hydroxyl groups is 6. The summed E-state index contributed by atoms with van der Waals surface area (Å²) in [4.78, 5) is 24.1. The topological polar surface area (TPSA) is 204 Å². The zero-order valence-electron chi connectivity index (χ0n) is 16.2. The van der Waals surface area contributed by atoms with Gasteiger partial charge in [0, 0.05) is 0 Å². The first-order valence-electron chi connectivity index (χ1n) is 8.81. The molecule has 2 amide bonds. The molecule has 12 heteroatoms. The van der Waals surface area contributed by atoms with Crippen molar-refractivity contribution in [1.82, 2.24) is 10.6 Å². The molecule has 28 heavy (non-hydrogen) atoms. The lowest BCUT2D eigenvalue weighted by molar-refractivity contribution is -0.129. The second kappa shape index (κ2) is 12.7. The van der Waals surface area contributed by atoms with Crippen LogP contribution in [0.15, 0.2) is 10.2 Å². The van der Waals surface area contributed by atoms with Gasteiger partial charge in [0.1, 0.15) is 11.1 Å². The van der Waals surface area contributed by atoms with E-state index in [9.17, 15) is 40.2 Å². The van der Waals surface area contributed by atoms with E-state index in [0.717, 1.165) is 0 Å². The first kappa shape index (κ1) is 26.3. The zero-order chi connectivity index (χ0) is 21.8. The molecule has 0 saturated heterocycles. The number of azo groups is 1. The summed E-state index contributed by atoms with van der Waals surface area (Å²) < 4.78 is 0. The summed E-state index contributed by atoms with van der Waals surface area (Å²) in [6.45, 7) is -0.772. The minimum Gasteiger partial charge on any atom is -0.394 e. The van der Waals surface area contributed by atoms with Crippen molar-refractivity contribution >= 4 is 11.8 Å². The first-order valence-corrected chi connectivity index (χ1v) is 8.81. The second-order valence-electron chi connectivity index (χ2n) is 6.94. The molecular formula is C16H32N4O8. The molecule has 8 N–H and O–H groups in total. The molecule has 0 saturated carbocycles. The Labute approximate surface area is 163 Å². The van der Waals surface area contributed by atoms with E-state index in [2.05, 4.69) is 20.9 Å². The van der Waals surface area contributed by atoms with E-state index in [1.54, 1.807) is 13.8 Å². The second-order valence-corrected chi connectivity index (χ2v) is 6.94. The van der Waals surface area contributed by atoms with E-state index in [-0.39, 0.29) is 13.1 Å². The molecule has 0 radical (unpaired) electrons. The van der Waals surface area contributed by atoms with Crippen molar-refractivity contribution < 1.29 is 40.2 Å². The Morgan fingerprint density at radius 3 is 1.14 bits per heavy atom. The van der Waals surface area contributed by atoms with Gasteiger partial charge >= 0.3 is 0 Å². The SMILES string of the molecule is CC(CN=NCC(C)C(=O)NC(CO)(CO)CO)C(=O)NC(CO)(CO)CO. The maximum absolute atomic E-state index is 12.0. The number of carbonyl (C=O) groups excluding carboxylic acids is 2. The molecule has 0 spiro atoms.